The highest BCUT2D eigenvalue weighted by Gasteiger charge is 2.19. The van der Waals surface area contributed by atoms with Gasteiger partial charge in [-0.25, -0.2) is 9.59 Å². The third-order valence-corrected chi connectivity index (χ3v) is 2.99. The zero-order valence-corrected chi connectivity index (χ0v) is 17.4. The molecule has 10 nitrogen and oxygen atoms in total. The summed E-state index contributed by atoms with van der Waals surface area (Å²) in [6.45, 7) is 9.17. The number of carboxylic acids is 1. The first-order chi connectivity index (χ1) is 13.2. The summed E-state index contributed by atoms with van der Waals surface area (Å²) in [6, 6.07) is 0. The summed E-state index contributed by atoms with van der Waals surface area (Å²) in [5, 5.41) is 8.37. The molecule has 0 unspecified atom stereocenters. The topological polar surface area (TPSA) is 113 Å². The van der Waals surface area contributed by atoms with Crippen molar-refractivity contribution < 1.29 is 43.1 Å². The second kappa shape index (κ2) is 16.5. The number of hydrogen-bond donors (Lipinski definition) is 1. The first-order valence-corrected chi connectivity index (χ1v) is 9.27. The maximum Gasteiger partial charge on any atom is 0.410 e. The molecule has 166 valence electrons. The van der Waals surface area contributed by atoms with Gasteiger partial charge in [-0.2, -0.15) is 0 Å². The molecule has 10 heteroatoms. The lowest BCUT2D eigenvalue weighted by Crippen LogP contribution is -2.36. The van der Waals surface area contributed by atoms with Crippen molar-refractivity contribution in [1.29, 1.82) is 0 Å². The van der Waals surface area contributed by atoms with Gasteiger partial charge in [0.05, 0.1) is 59.5 Å². The third kappa shape index (κ3) is 19.3. The second-order valence-corrected chi connectivity index (χ2v) is 6.80. The number of likely N-dealkylation sites (N-methyl/N-ethyl adjacent to an activating group) is 1. The number of hydrogen-bond acceptors (Lipinski definition) is 8. The summed E-state index contributed by atoms with van der Waals surface area (Å²) in [4.78, 5) is 23.4. The van der Waals surface area contributed by atoms with Crippen LogP contribution in [0.15, 0.2) is 0 Å². The molecule has 0 spiro atoms. The van der Waals surface area contributed by atoms with Gasteiger partial charge in [0, 0.05) is 13.6 Å². The van der Waals surface area contributed by atoms with Crippen molar-refractivity contribution >= 4 is 12.1 Å². The van der Waals surface area contributed by atoms with E-state index in [0.29, 0.717) is 59.4 Å². The molecule has 0 saturated heterocycles. The maximum absolute atomic E-state index is 11.7. The van der Waals surface area contributed by atoms with E-state index in [0.717, 1.165) is 0 Å². The average molecular weight is 409 g/mol. The first kappa shape index (κ1) is 26.5. The third-order valence-electron chi connectivity index (χ3n) is 2.99. The van der Waals surface area contributed by atoms with Crippen LogP contribution in [0, 0.1) is 0 Å². The van der Waals surface area contributed by atoms with E-state index < -0.39 is 11.6 Å². The van der Waals surface area contributed by atoms with Gasteiger partial charge in [-0.15, -0.1) is 0 Å². The molecule has 0 aliphatic carbocycles. The quantitative estimate of drug-likeness (QED) is 0.352. The highest BCUT2D eigenvalue weighted by Crippen LogP contribution is 2.08. The molecule has 0 aromatic heterocycles. The molecule has 1 N–H and O–H groups in total. The second-order valence-electron chi connectivity index (χ2n) is 6.80. The van der Waals surface area contributed by atoms with E-state index in [4.69, 9.17) is 33.5 Å². The predicted octanol–water partition coefficient (Wildman–Crippen LogP) is 1.02. The van der Waals surface area contributed by atoms with Crippen LogP contribution in [-0.2, 0) is 33.2 Å². The normalized spacial score (nSPS) is 11.4. The van der Waals surface area contributed by atoms with Gasteiger partial charge in [0.15, 0.2) is 0 Å². The fourth-order valence-electron chi connectivity index (χ4n) is 1.67. The van der Waals surface area contributed by atoms with Crippen LogP contribution in [0.4, 0.5) is 4.79 Å². The number of carbonyl (C=O) groups is 2. The Kier molecular flexibility index (Phi) is 15.6. The summed E-state index contributed by atoms with van der Waals surface area (Å²) in [7, 11) is 1.66. The Morgan fingerprint density at radius 3 is 1.54 bits per heavy atom. The minimum absolute atomic E-state index is 0.239. The Morgan fingerprint density at radius 1 is 0.750 bits per heavy atom. The van der Waals surface area contributed by atoms with E-state index >= 15 is 0 Å². The van der Waals surface area contributed by atoms with Crippen molar-refractivity contribution in [3.63, 3.8) is 0 Å². The summed E-state index contributed by atoms with van der Waals surface area (Å²) < 4.78 is 31.4. The molecular weight excluding hydrogens is 374 g/mol. The molecule has 0 saturated carbocycles. The molecule has 0 heterocycles. The molecule has 0 aliphatic heterocycles. The van der Waals surface area contributed by atoms with Crippen LogP contribution in [0.5, 0.6) is 0 Å². The van der Waals surface area contributed by atoms with E-state index in [1.165, 1.54) is 4.90 Å². The lowest BCUT2D eigenvalue weighted by molar-refractivity contribution is -0.142. The summed E-state index contributed by atoms with van der Waals surface area (Å²) in [6.07, 6.45) is -0.374. The monoisotopic (exact) mass is 409 g/mol. The van der Waals surface area contributed by atoms with Gasteiger partial charge < -0.3 is 38.4 Å². The van der Waals surface area contributed by atoms with Crippen molar-refractivity contribution in [2.45, 2.75) is 26.4 Å². The molecule has 0 fully saturated rings. The number of nitrogens with zero attached hydrogens (tertiary/aromatic N) is 1. The van der Waals surface area contributed by atoms with E-state index in [9.17, 15) is 9.59 Å². The first-order valence-electron chi connectivity index (χ1n) is 9.27. The average Bonchev–Trinajstić information content (AvgIpc) is 2.59. The number of ether oxygens (including phenoxy) is 6. The van der Waals surface area contributed by atoms with Crippen LogP contribution in [-0.4, -0.2) is 107 Å². The predicted molar refractivity (Wildman–Crippen MR) is 101 cm³/mol. The van der Waals surface area contributed by atoms with Crippen LogP contribution < -0.4 is 0 Å². The van der Waals surface area contributed by atoms with Crippen LogP contribution in [0.25, 0.3) is 0 Å². The van der Waals surface area contributed by atoms with Crippen molar-refractivity contribution in [3.05, 3.63) is 0 Å². The smallest absolute Gasteiger partial charge is 0.410 e. The minimum atomic E-state index is -0.998. The van der Waals surface area contributed by atoms with Crippen LogP contribution >= 0.6 is 0 Å². The van der Waals surface area contributed by atoms with E-state index in [2.05, 4.69) is 0 Å². The van der Waals surface area contributed by atoms with E-state index in [1.54, 1.807) is 7.05 Å². The minimum Gasteiger partial charge on any atom is -0.480 e. The van der Waals surface area contributed by atoms with Gasteiger partial charge in [-0.05, 0) is 20.8 Å². The standard InChI is InChI=1S/C18H35NO9/c1-18(2,3)28-17(22)19(4)5-6-23-7-8-24-9-10-25-11-12-26-13-14-27-15-16(20)21/h5-15H2,1-4H3,(H,20,21). The molecule has 0 bridgehead atoms. The van der Waals surface area contributed by atoms with E-state index in [1.807, 2.05) is 20.8 Å². The zero-order chi connectivity index (χ0) is 21.3. The van der Waals surface area contributed by atoms with Gasteiger partial charge in [0.2, 0.25) is 0 Å². The fourth-order valence-corrected chi connectivity index (χ4v) is 1.67. The highest BCUT2D eigenvalue weighted by atomic mass is 16.6. The number of amides is 1. The lowest BCUT2D eigenvalue weighted by Gasteiger charge is -2.24. The van der Waals surface area contributed by atoms with Gasteiger partial charge in [-0.3, -0.25) is 0 Å². The summed E-state index contributed by atoms with van der Waals surface area (Å²) >= 11 is 0. The molecule has 1 amide bonds. The number of carboxylic acid groups (broad SMARTS) is 1. The molecular formula is C18H35NO9. The SMILES string of the molecule is CN(CCOCCOCCOCCOCCOCC(=O)O)C(=O)OC(C)(C)C. The number of aliphatic carboxylic acids is 1. The molecule has 0 aromatic rings. The van der Waals surface area contributed by atoms with Gasteiger partial charge in [0.25, 0.3) is 0 Å². The highest BCUT2D eigenvalue weighted by molar-refractivity contribution is 5.68. The molecule has 0 radical (unpaired) electrons. The Balaban J connectivity index is 3.27. The fraction of sp³-hybridized carbons (Fsp3) is 0.889. The molecule has 0 atom stereocenters. The van der Waals surface area contributed by atoms with Gasteiger partial charge in [-0.1, -0.05) is 0 Å². The largest absolute Gasteiger partial charge is 0.480 e. The van der Waals surface area contributed by atoms with Crippen molar-refractivity contribution in [2.75, 3.05) is 79.7 Å². The maximum atomic E-state index is 11.7. The van der Waals surface area contributed by atoms with E-state index in [-0.39, 0.29) is 19.3 Å². The Morgan fingerprint density at radius 2 is 1.14 bits per heavy atom. The Hall–Kier alpha value is -1.46. The lowest BCUT2D eigenvalue weighted by atomic mass is 10.2. The van der Waals surface area contributed by atoms with Crippen LogP contribution in [0.2, 0.25) is 0 Å². The molecule has 0 rings (SSSR count). The number of carbonyl (C=O) groups excluding carboxylic acids is 1. The van der Waals surface area contributed by atoms with Gasteiger partial charge in [0.1, 0.15) is 12.2 Å². The van der Waals surface area contributed by atoms with Crippen molar-refractivity contribution in [1.82, 2.24) is 4.90 Å². The Labute approximate surface area is 167 Å². The van der Waals surface area contributed by atoms with Crippen LogP contribution in [0.3, 0.4) is 0 Å². The molecule has 0 aliphatic rings. The Bertz CT molecular complexity index is 412. The van der Waals surface area contributed by atoms with Crippen LogP contribution in [0.1, 0.15) is 20.8 Å². The van der Waals surface area contributed by atoms with Crippen molar-refractivity contribution in [3.8, 4) is 0 Å². The van der Waals surface area contributed by atoms with Crippen molar-refractivity contribution in [2.24, 2.45) is 0 Å². The summed E-state index contributed by atoms with van der Waals surface area (Å²) in [5.41, 5.74) is -0.509. The zero-order valence-electron chi connectivity index (χ0n) is 17.4. The molecule has 0 aromatic carbocycles. The van der Waals surface area contributed by atoms with Gasteiger partial charge >= 0.3 is 12.1 Å². The number of rotatable bonds is 17. The summed E-state index contributed by atoms with van der Waals surface area (Å²) in [5.74, 6) is -0.998. The molecule has 28 heavy (non-hydrogen) atoms.